The number of halogens is 2. The van der Waals surface area contributed by atoms with Crippen LogP contribution in [0.5, 0.6) is 0 Å². The summed E-state index contributed by atoms with van der Waals surface area (Å²) in [5.74, 6) is 0.0374. The molecule has 6 nitrogen and oxygen atoms in total. The van der Waals surface area contributed by atoms with Crippen molar-refractivity contribution in [3.05, 3.63) is 75.8 Å². The fourth-order valence-corrected chi connectivity index (χ4v) is 3.70. The minimum absolute atomic E-state index is 0.00953. The number of benzene rings is 2. The minimum Gasteiger partial charge on any atom is -0.342 e. The highest BCUT2D eigenvalue weighted by Crippen LogP contribution is 2.21. The van der Waals surface area contributed by atoms with Crippen molar-refractivity contribution in [1.82, 2.24) is 20.1 Å². The first-order chi connectivity index (χ1) is 13.8. The lowest BCUT2D eigenvalue weighted by Crippen LogP contribution is -2.28. The highest BCUT2D eigenvalue weighted by Gasteiger charge is 2.19. The molecule has 0 aliphatic heterocycles. The molecule has 0 bridgehead atoms. The largest absolute Gasteiger partial charge is 0.342 e. The number of nitrogens with one attached hydrogen (secondary N) is 1. The maximum absolute atomic E-state index is 13.0. The van der Waals surface area contributed by atoms with Crippen LogP contribution in [0.1, 0.15) is 39.5 Å². The van der Waals surface area contributed by atoms with Gasteiger partial charge in [0.25, 0.3) is 5.91 Å². The van der Waals surface area contributed by atoms with Crippen molar-refractivity contribution in [3.63, 3.8) is 0 Å². The Morgan fingerprint density at radius 3 is 2.38 bits per heavy atom. The molecule has 3 aromatic rings. The third-order valence-electron chi connectivity index (χ3n) is 4.21. The van der Waals surface area contributed by atoms with Gasteiger partial charge in [0, 0.05) is 22.6 Å². The van der Waals surface area contributed by atoms with Crippen molar-refractivity contribution in [2.75, 3.05) is 5.75 Å². The number of ketones is 1. The Kier molecular flexibility index (Phi) is 6.81. The molecule has 1 heterocycles. The molecule has 1 atom stereocenters. The predicted octanol–water partition coefficient (Wildman–Crippen LogP) is 4.18. The van der Waals surface area contributed by atoms with Gasteiger partial charge in [-0.05, 0) is 43.3 Å². The van der Waals surface area contributed by atoms with E-state index in [2.05, 4.69) is 31.4 Å². The maximum atomic E-state index is 13.0. The Labute approximate surface area is 180 Å². The first-order valence-electron chi connectivity index (χ1n) is 8.72. The average Bonchev–Trinajstić information content (AvgIpc) is 3.07. The Balaban J connectivity index is 1.62. The van der Waals surface area contributed by atoms with E-state index in [1.165, 1.54) is 36.0 Å². The molecule has 1 amide bonds. The van der Waals surface area contributed by atoms with Crippen LogP contribution in [0.3, 0.4) is 0 Å². The number of carbonyl (C=O) groups excluding carboxylic acids is 2. The Morgan fingerprint density at radius 2 is 1.72 bits per heavy atom. The molecule has 1 aromatic heterocycles. The molecule has 0 radical (unpaired) electrons. The predicted molar refractivity (Wildman–Crippen MR) is 112 cm³/mol. The third kappa shape index (κ3) is 5.30. The topological polar surface area (TPSA) is 76.9 Å². The standard InChI is InChI=1S/C20H18BrFN4O2S/c1-12(23-19(28)14-5-9-16(22)10-6-14)18-24-25-20(26(18)2)29-11-17(27)13-3-7-15(21)8-4-13/h3-10,12H,11H2,1-2H3,(H,23,28). The number of nitrogens with zero attached hydrogens (tertiary/aromatic N) is 3. The molecule has 2 aromatic carbocycles. The van der Waals surface area contributed by atoms with Crippen LogP contribution in [0.4, 0.5) is 4.39 Å². The van der Waals surface area contributed by atoms with Crippen LogP contribution in [0, 0.1) is 5.82 Å². The fourth-order valence-electron chi connectivity index (χ4n) is 2.62. The van der Waals surface area contributed by atoms with Gasteiger partial charge in [-0.25, -0.2) is 4.39 Å². The van der Waals surface area contributed by atoms with Crippen molar-refractivity contribution < 1.29 is 14.0 Å². The normalized spacial score (nSPS) is 11.9. The summed E-state index contributed by atoms with van der Waals surface area (Å²) >= 11 is 4.63. The summed E-state index contributed by atoms with van der Waals surface area (Å²) in [6.07, 6.45) is 0. The molecule has 0 fully saturated rings. The molecule has 150 valence electrons. The van der Waals surface area contributed by atoms with Crippen molar-refractivity contribution in [1.29, 1.82) is 0 Å². The van der Waals surface area contributed by atoms with Gasteiger partial charge in [0.05, 0.1) is 11.8 Å². The van der Waals surface area contributed by atoms with Crippen LogP contribution in [-0.4, -0.2) is 32.2 Å². The first-order valence-corrected chi connectivity index (χ1v) is 10.5. The SMILES string of the molecule is CC(NC(=O)c1ccc(F)cc1)c1nnc(SCC(=O)c2ccc(Br)cc2)n1C. The summed E-state index contributed by atoms with van der Waals surface area (Å²) < 4.78 is 15.7. The number of aromatic nitrogens is 3. The van der Waals surface area contributed by atoms with Crippen LogP contribution >= 0.6 is 27.7 Å². The van der Waals surface area contributed by atoms with E-state index in [9.17, 15) is 14.0 Å². The Morgan fingerprint density at radius 1 is 1.10 bits per heavy atom. The van der Waals surface area contributed by atoms with Crippen LogP contribution in [0.15, 0.2) is 58.2 Å². The lowest BCUT2D eigenvalue weighted by molar-refractivity contribution is 0.0937. The molecular formula is C20H18BrFN4O2S. The van der Waals surface area contributed by atoms with Crippen LogP contribution in [-0.2, 0) is 7.05 Å². The second kappa shape index (κ2) is 9.32. The van der Waals surface area contributed by atoms with Crippen LogP contribution < -0.4 is 5.32 Å². The monoisotopic (exact) mass is 476 g/mol. The molecule has 1 N–H and O–H groups in total. The molecule has 1 unspecified atom stereocenters. The summed E-state index contributed by atoms with van der Waals surface area (Å²) in [6.45, 7) is 1.78. The second-order valence-electron chi connectivity index (χ2n) is 6.32. The number of amides is 1. The van der Waals surface area contributed by atoms with Gasteiger partial charge in [0.1, 0.15) is 5.82 Å². The molecule has 29 heavy (non-hydrogen) atoms. The average molecular weight is 477 g/mol. The zero-order valence-corrected chi connectivity index (χ0v) is 18.1. The number of rotatable bonds is 7. The van der Waals surface area contributed by atoms with Crippen LogP contribution in [0.25, 0.3) is 0 Å². The molecule has 3 rings (SSSR count). The highest BCUT2D eigenvalue weighted by molar-refractivity contribution is 9.10. The van der Waals surface area contributed by atoms with E-state index in [0.29, 0.717) is 22.1 Å². The molecule has 0 saturated carbocycles. The van der Waals surface area contributed by atoms with Crippen molar-refractivity contribution in [2.24, 2.45) is 7.05 Å². The number of thioether (sulfide) groups is 1. The lowest BCUT2D eigenvalue weighted by atomic mass is 10.2. The van der Waals surface area contributed by atoms with E-state index in [-0.39, 0.29) is 17.4 Å². The van der Waals surface area contributed by atoms with E-state index in [4.69, 9.17) is 0 Å². The van der Waals surface area contributed by atoms with Gasteiger partial charge in [-0.15, -0.1) is 10.2 Å². The van der Waals surface area contributed by atoms with E-state index in [1.807, 2.05) is 12.1 Å². The first kappa shape index (κ1) is 21.2. The lowest BCUT2D eigenvalue weighted by Gasteiger charge is -2.13. The van der Waals surface area contributed by atoms with Crippen LogP contribution in [0.2, 0.25) is 0 Å². The molecule has 0 spiro atoms. The maximum Gasteiger partial charge on any atom is 0.251 e. The number of hydrogen-bond acceptors (Lipinski definition) is 5. The zero-order chi connectivity index (χ0) is 21.0. The van der Waals surface area contributed by atoms with Crippen molar-refractivity contribution >= 4 is 39.4 Å². The Hall–Kier alpha value is -2.52. The molecular weight excluding hydrogens is 459 g/mol. The number of carbonyl (C=O) groups is 2. The van der Waals surface area contributed by atoms with Gasteiger partial charge < -0.3 is 9.88 Å². The number of hydrogen-bond donors (Lipinski definition) is 1. The summed E-state index contributed by atoms with van der Waals surface area (Å²) in [5, 5.41) is 11.7. The zero-order valence-electron chi connectivity index (χ0n) is 15.7. The summed E-state index contributed by atoms with van der Waals surface area (Å²) in [5.41, 5.74) is 0.984. The Bertz CT molecular complexity index is 1020. The van der Waals surface area contributed by atoms with Gasteiger partial charge >= 0.3 is 0 Å². The smallest absolute Gasteiger partial charge is 0.251 e. The third-order valence-corrected chi connectivity index (χ3v) is 5.76. The van der Waals surface area contributed by atoms with Gasteiger partial charge in [-0.2, -0.15) is 0 Å². The molecule has 0 aliphatic carbocycles. The van der Waals surface area contributed by atoms with Gasteiger partial charge in [-0.3, -0.25) is 9.59 Å². The quantitative estimate of drug-likeness (QED) is 0.408. The van der Waals surface area contributed by atoms with E-state index in [0.717, 1.165) is 4.47 Å². The summed E-state index contributed by atoms with van der Waals surface area (Å²) in [6, 6.07) is 12.1. The summed E-state index contributed by atoms with van der Waals surface area (Å²) in [7, 11) is 1.78. The van der Waals surface area contributed by atoms with Crippen molar-refractivity contribution in [3.8, 4) is 0 Å². The molecule has 0 aliphatic rings. The summed E-state index contributed by atoms with van der Waals surface area (Å²) in [4.78, 5) is 24.6. The highest BCUT2D eigenvalue weighted by atomic mass is 79.9. The minimum atomic E-state index is -0.415. The molecule has 9 heteroatoms. The fraction of sp³-hybridized carbons (Fsp3) is 0.200. The molecule has 0 saturated heterocycles. The van der Waals surface area contributed by atoms with Gasteiger partial charge in [-0.1, -0.05) is 39.8 Å². The van der Waals surface area contributed by atoms with Crippen molar-refractivity contribution in [2.45, 2.75) is 18.1 Å². The second-order valence-corrected chi connectivity index (χ2v) is 8.18. The van der Waals surface area contributed by atoms with E-state index < -0.39 is 11.9 Å². The van der Waals surface area contributed by atoms with Gasteiger partial charge in [0.2, 0.25) is 0 Å². The van der Waals surface area contributed by atoms with E-state index in [1.54, 1.807) is 30.7 Å². The number of Topliss-reactive ketones (excluding diaryl/α,β-unsaturated/α-hetero) is 1. The van der Waals surface area contributed by atoms with Gasteiger partial charge in [0.15, 0.2) is 16.8 Å². The van der Waals surface area contributed by atoms with E-state index >= 15 is 0 Å².